The molecule has 2 rings (SSSR count). The van der Waals surface area contributed by atoms with E-state index in [1.807, 2.05) is 0 Å². The summed E-state index contributed by atoms with van der Waals surface area (Å²) >= 11 is 0. The molecule has 4 nitrogen and oxygen atoms in total. The van der Waals surface area contributed by atoms with Gasteiger partial charge in [0, 0.05) is 19.5 Å². The summed E-state index contributed by atoms with van der Waals surface area (Å²) in [4.78, 5) is 11.3. The van der Waals surface area contributed by atoms with Crippen molar-refractivity contribution in [1.29, 1.82) is 0 Å². The van der Waals surface area contributed by atoms with Crippen LogP contribution in [0.5, 0.6) is 0 Å². The van der Waals surface area contributed by atoms with Gasteiger partial charge in [0.15, 0.2) is 0 Å². The average Bonchev–Trinajstić information content (AvgIpc) is 2.44. The monoisotopic (exact) mass is 182 g/mol. The second kappa shape index (κ2) is 3.38. The predicted molar refractivity (Wildman–Crippen MR) is 48.7 cm³/mol. The molecule has 0 radical (unpaired) electrons. The Morgan fingerprint density at radius 3 is 2.92 bits per heavy atom. The van der Waals surface area contributed by atoms with Crippen molar-refractivity contribution >= 4 is 0 Å². The minimum absolute atomic E-state index is 0.239. The Labute approximate surface area is 76.3 Å². The minimum Gasteiger partial charge on any atom is -0.413 e. The molecule has 0 unspecified atom stereocenters. The Morgan fingerprint density at radius 2 is 2.15 bits per heavy atom. The van der Waals surface area contributed by atoms with Crippen LogP contribution in [0.25, 0.3) is 0 Å². The Morgan fingerprint density at radius 1 is 1.38 bits per heavy atom. The van der Waals surface area contributed by atoms with E-state index in [2.05, 4.69) is 0 Å². The molecule has 1 heterocycles. The zero-order chi connectivity index (χ0) is 9.26. The second-order valence-electron chi connectivity index (χ2n) is 3.39. The molecule has 4 heteroatoms. The topological polar surface area (TPSA) is 61.2 Å². The van der Waals surface area contributed by atoms with Crippen molar-refractivity contribution in [1.82, 2.24) is 4.57 Å². The van der Waals surface area contributed by atoms with Crippen LogP contribution in [-0.2, 0) is 19.4 Å². The summed E-state index contributed by atoms with van der Waals surface area (Å²) in [6, 6.07) is 0. The number of hydrogen-bond donors (Lipinski definition) is 1. The first-order valence-corrected chi connectivity index (χ1v) is 4.74. The second-order valence-corrected chi connectivity index (χ2v) is 3.39. The van der Waals surface area contributed by atoms with Crippen molar-refractivity contribution < 1.29 is 4.42 Å². The van der Waals surface area contributed by atoms with Crippen molar-refractivity contribution in [2.24, 2.45) is 5.73 Å². The van der Waals surface area contributed by atoms with E-state index < -0.39 is 0 Å². The first kappa shape index (κ1) is 8.56. The molecule has 0 saturated heterocycles. The summed E-state index contributed by atoms with van der Waals surface area (Å²) < 4.78 is 6.82. The van der Waals surface area contributed by atoms with Crippen LogP contribution in [0.4, 0.5) is 0 Å². The van der Waals surface area contributed by atoms with Crippen LogP contribution in [0.2, 0.25) is 0 Å². The molecule has 0 atom stereocenters. The van der Waals surface area contributed by atoms with Crippen LogP contribution in [-0.4, -0.2) is 11.1 Å². The lowest BCUT2D eigenvalue weighted by Gasteiger charge is -2.10. The van der Waals surface area contributed by atoms with E-state index in [0.29, 0.717) is 13.1 Å². The maximum atomic E-state index is 11.3. The van der Waals surface area contributed by atoms with Gasteiger partial charge in [-0.05, 0) is 19.3 Å². The van der Waals surface area contributed by atoms with E-state index in [1.54, 1.807) is 4.57 Å². The van der Waals surface area contributed by atoms with Gasteiger partial charge < -0.3 is 10.2 Å². The van der Waals surface area contributed by atoms with Gasteiger partial charge in [0.2, 0.25) is 0 Å². The smallest absolute Gasteiger partial charge is 0.413 e. The zero-order valence-corrected chi connectivity index (χ0v) is 7.58. The molecule has 0 aromatic carbocycles. The lowest BCUT2D eigenvalue weighted by molar-refractivity contribution is 0.438. The fourth-order valence-corrected chi connectivity index (χ4v) is 1.88. The first-order valence-electron chi connectivity index (χ1n) is 4.74. The number of nitrogens with two attached hydrogens (primary N) is 1. The summed E-state index contributed by atoms with van der Waals surface area (Å²) in [5.74, 6) is 0.641. The molecule has 0 spiro atoms. The quantitative estimate of drug-likeness (QED) is 0.714. The van der Waals surface area contributed by atoms with Crippen molar-refractivity contribution in [3.63, 3.8) is 0 Å². The third-order valence-corrected chi connectivity index (χ3v) is 2.50. The predicted octanol–water partition coefficient (Wildman–Crippen LogP) is 0.279. The summed E-state index contributed by atoms with van der Waals surface area (Å²) in [5, 5.41) is 0. The van der Waals surface area contributed by atoms with Crippen LogP contribution < -0.4 is 11.5 Å². The maximum Gasteiger partial charge on any atom is 0.419 e. The summed E-state index contributed by atoms with van der Waals surface area (Å²) in [5.41, 5.74) is 6.49. The number of rotatable bonds is 2. The highest BCUT2D eigenvalue weighted by Crippen LogP contribution is 2.19. The standard InChI is InChI=1S/C9H14N2O2/c10-5-6-11-7-3-1-2-4-8(7)13-9(11)12/h1-6,10H2. The van der Waals surface area contributed by atoms with Crippen molar-refractivity contribution in [2.45, 2.75) is 32.2 Å². The van der Waals surface area contributed by atoms with Gasteiger partial charge in [-0.1, -0.05) is 0 Å². The van der Waals surface area contributed by atoms with Crippen molar-refractivity contribution in [2.75, 3.05) is 6.54 Å². The van der Waals surface area contributed by atoms with Crippen LogP contribution in [0.3, 0.4) is 0 Å². The fraction of sp³-hybridized carbons (Fsp3) is 0.667. The summed E-state index contributed by atoms with van der Waals surface area (Å²) in [6.45, 7) is 1.07. The molecule has 1 aromatic rings. The molecule has 0 saturated carbocycles. The summed E-state index contributed by atoms with van der Waals surface area (Å²) in [6.07, 6.45) is 4.14. The zero-order valence-electron chi connectivity index (χ0n) is 7.58. The molecule has 0 aliphatic heterocycles. The van der Waals surface area contributed by atoms with Crippen LogP contribution in [0.1, 0.15) is 24.3 Å². The van der Waals surface area contributed by atoms with E-state index in [4.69, 9.17) is 10.2 Å². The summed E-state index contributed by atoms with van der Waals surface area (Å²) in [7, 11) is 0. The highest BCUT2D eigenvalue weighted by atomic mass is 16.4. The van der Waals surface area contributed by atoms with Crippen molar-refractivity contribution in [3.05, 3.63) is 22.0 Å². The third-order valence-electron chi connectivity index (χ3n) is 2.50. The normalized spacial score (nSPS) is 15.8. The van der Waals surface area contributed by atoms with E-state index in [1.165, 1.54) is 0 Å². The van der Waals surface area contributed by atoms with Gasteiger partial charge in [-0.3, -0.25) is 4.57 Å². The van der Waals surface area contributed by atoms with Crippen LogP contribution >= 0.6 is 0 Å². The Bertz CT molecular complexity index is 351. The van der Waals surface area contributed by atoms with Gasteiger partial charge in [0.1, 0.15) is 5.76 Å². The van der Waals surface area contributed by atoms with E-state index in [0.717, 1.165) is 37.1 Å². The Kier molecular flexibility index (Phi) is 2.22. The Balaban J connectivity index is 2.42. The van der Waals surface area contributed by atoms with E-state index in [9.17, 15) is 4.79 Å². The van der Waals surface area contributed by atoms with Gasteiger partial charge in [-0.25, -0.2) is 4.79 Å². The number of aromatic nitrogens is 1. The molecule has 0 bridgehead atoms. The first-order chi connectivity index (χ1) is 6.33. The Hall–Kier alpha value is -1.03. The van der Waals surface area contributed by atoms with Gasteiger partial charge in [-0.15, -0.1) is 0 Å². The number of nitrogens with zero attached hydrogens (tertiary/aromatic N) is 1. The molecule has 1 aliphatic rings. The van der Waals surface area contributed by atoms with Crippen LogP contribution in [0.15, 0.2) is 9.21 Å². The lowest BCUT2D eigenvalue weighted by Crippen LogP contribution is -2.22. The van der Waals surface area contributed by atoms with Gasteiger partial charge in [0.25, 0.3) is 0 Å². The molecule has 13 heavy (non-hydrogen) atoms. The molecule has 0 amide bonds. The van der Waals surface area contributed by atoms with Gasteiger partial charge in [-0.2, -0.15) is 0 Å². The van der Waals surface area contributed by atoms with Gasteiger partial charge >= 0.3 is 5.76 Å². The van der Waals surface area contributed by atoms with Crippen molar-refractivity contribution in [3.8, 4) is 0 Å². The molecular weight excluding hydrogens is 168 g/mol. The average molecular weight is 182 g/mol. The number of hydrogen-bond acceptors (Lipinski definition) is 3. The van der Waals surface area contributed by atoms with E-state index in [-0.39, 0.29) is 5.76 Å². The minimum atomic E-state index is -0.239. The molecular formula is C9H14N2O2. The number of fused-ring (bicyclic) bond motifs is 1. The molecule has 1 aliphatic carbocycles. The molecule has 72 valence electrons. The third kappa shape index (κ3) is 1.42. The number of aryl methyl sites for hydroxylation is 1. The molecule has 2 N–H and O–H groups in total. The fourth-order valence-electron chi connectivity index (χ4n) is 1.88. The largest absolute Gasteiger partial charge is 0.419 e. The highest BCUT2D eigenvalue weighted by molar-refractivity contribution is 5.12. The highest BCUT2D eigenvalue weighted by Gasteiger charge is 2.18. The molecule has 1 aromatic heterocycles. The van der Waals surface area contributed by atoms with E-state index >= 15 is 0 Å². The number of oxazole rings is 1. The maximum absolute atomic E-state index is 11.3. The van der Waals surface area contributed by atoms with Gasteiger partial charge in [0.05, 0.1) is 5.69 Å². The SMILES string of the molecule is NCCn1c2c(oc1=O)CCCC2. The lowest BCUT2D eigenvalue weighted by atomic mass is 10.0. The molecule has 0 fully saturated rings. The van der Waals surface area contributed by atoms with Crippen LogP contribution in [0, 0.1) is 0 Å².